The highest BCUT2D eigenvalue weighted by atomic mass is 35.5. The third kappa shape index (κ3) is 3.29. The molecule has 0 unspecified atom stereocenters. The Balaban J connectivity index is 1.71. The molecule has 5 heteroatoms. The summed E-state index contributed by atoms with van der Waals surface area (Å²) >= 11 is 11.9. The third-order valence-electron chi connectivity index (χ3n) is 3.17. The van der Waals surface area contributed by atoms with Crippen molar-refractivity contribution in [2.45, 2.75) is 5.67 Å². The zero-order valence-corrected chi connectivity index (χ0v) is 12.5. The summed E-state index contributed by atoms with van der Waals surface area (Å²) in [6.45, 7) is 0.396. The highest BCUT2D eigenvalue weighted by molar-refractivity contribution is 6.35. The number of pyridine rings is 1. The van der Waals surface area contributed by atoms with Gasteiger partial charge in [0.2, 0.25) is 5.67 Å². The summed E-state index contributed by atoms with van der Waals surface area (Å²) in [6.07, 6.45) is 1.63. The Kier molecular flexibility index (Phi) is 3.75. The van der Waals surface area contributed by atoms with Gasteiger partial charge in [0.15, 0.2) is 0 Å². The van der Waals surface area contributed by atoms with Crippen molar-refractivity contribution in [3.63, 3.8) is 0 Å². The maximum Gasteiger partial charge on any atom is 0.205 e. The summed E-state index contributed by atoms with van der Waals surface area (Å²) < 4.78 is 14.4. The molecule has 2 heterocycles. The number of benzene rings is 1. The SMILES string of the molecule is FC1(C#Cc2ccccn2)CN(c2cc(Cl)cc(Cl)c2)C1. The summed E-state index contributed by atoms with van der Waals surface area (Å²) in [4.78, 5) is 5.90. The molecule has 21 heavy (non-hydrogen) atoms. The fourth-order valence-electron chi connectivity index (χ4n) is 2.15. The van der Waals surface area contributed by atoms with Crippen molar-refractivity contribution in [3.05, 3.63) is 58.3 Å². The minimum Gasteiger partial charge on any atom is -0.363 e. The molecule has 1 aliphatic rings. The van der Waals surface area contributed by atoms with Gasteiger partial charge < -0.3 is 4.90 Å². The first-order valence-electron chi connectivity index (χ1n) is 6.38. The number of hydrogen-bond donors (Lipinski definition) is 0. The van der Waals surface area contributed by atoms with E-state index in [1.807, 2.05) is 11.0 Å². The molecule has 1 aliphatic heterocycles. The van der Waals surface area contributed by atoms with Crippen LogP contribution in [0.5, 0.6) is 0 Å². The van der Waals surface area contributed by atoms with Gasteiger partial charge in [0.1, 0.15) is 5.69 Å². The molecule has 0 atom stereocenters. The van der Waals surface area contributed by atoms with E-state index in [2.05, 4.69) is 16.8 Å². The lowest BCUT2D eigenvalue weighted by atomic mass is 9.96. The Morgan fingerprint density at radius 2 is 1.86 bits per heavy atom. The molecule has 0 bridgehead atoms. The van der Waals surface area contributed by atoms with E-state index in [4.69, 9.17) is 23.2 Å². The maximum atomic E-state index is 14.4. The van der Waals surface area contributed by atoms with E-state index < -0.39 is 5.67 Å². The van der Waals surface area contributed by atoms with Crippen molar-refractivity contribution in [1.82, 2.24) is 4.98 Å². The molecule has 0 saturated carbocycles. The first-order chi connectivity index (χ1) is 10.0. The molecule has 0 aliphatic carbocycles. The van der Waals surface area contributed by atoms with Crippen LogP contribution in [-0.4, -0.2) is 23.7 Å². The van der Waals surface area contributed by atoms with Crippen LogP contribution in [0.4, 0.5) is 10.1 Å². The molecule has 3 rings (SSSR count). The first kappa shape index (κ1) is 14.2. The van der Waals surface area contributed by atoms with Crippen LogP contribution in [0.25, 0.3) is 0 Å². The first-order valence-corrected chi connectivity index (χ1v) is 7.14. The highest BCUT2D eigenvalue weighted by Crippen LogP contribution is 2.33. The van der Waals surface area contributed by atoms with E-state index in [-0.39, 0.29) is 13.1 Å². The van der Waals surface area contributed by atoms with Crippen LogP contribution in [0, 0.1) is 11.8 Å². The molecular formula is C16H11Cl2FN2. The molecule has 0 spiro atoms. The van der Waals surface area contributed by atoms with E-state index in [0.717, 1.165) is 5.69 Å². The van der Waals surface area contributed by atoms with Crippen LogP contribution < -0.4 is 4.90 Å². The fourth-order valence-corrected chi connectivity index (χ4v) is 2.67. The Bertz CT molecular complexity index is 696. The summed E-state index contributed by atoms with van der Waals surface area (Å²) in [5, 5.41) is 1.07. The highest BCUT2D eigenvalue weighted by Gasteiger charge is 2.42. The van der Waals surface area contributed by atoms with Crippen molar-refractivity contribution in [3.8, 4) is 11.8 Å². The molecule has 1 aromatic carbocycles. The maximum absolute atomic E-state index is 14.4. The van der Waals surface area contributed by atoms with E-state index in [9.17, 15) is 4.39 Å². The average molecular weight is 321 g/mol. The van der Waals surface area contributed by atoms with Crippen molar-refractivity contribution >= 4 is 28.9 Å². The lowest BCUT2D eigenvalue weighted by molar-refractivity contribution is 0.192. The number of aromatic nitrogens is 1. The smallest absolute Gasteiger partial charge is 0.205 e. The molecular weight excluding hydrogens is 310 g/mol. The van der Waals surface area contributed by atoms with Crippen molar-refractivity contribution < 1.29 is 4.39 Å². The second-order valence-electron chi connectivity index (χ2n) is 4.91. The van der Waals surface area contributed by atoms with Crippen molar-refractivity contribution in [2.24, 2.45) is 0 Å². The molecule has 2 aromatic rings. The Morgan fingerprint density at radius 1 is 1.14 bits per heavy atom. The summed E-state index contributed by atoms with van der Waals surface area (Å²) in [7, 11) is 0. The van der Waals surface area contributed by atoms with E-state index in [1.54, 1.807) is 36.5 Å². The van der Waals surface area contributed by atoms with Crippen LogP contribution in [-0.2, 0) is 0 Å². The normalized spacial score (nSPS) is 15.9. The Hall–Kier alpha value is -1.76. The lowest BCUT2D eigenvalue weighted by Crippen LogP contribution is -2.58. The van der Waals surface area contributed by atoms with Crippen molar-refractivity contribution in [1.29, 1.82) is 0 Å². The van der Waals surface area contributed by atoms with Gasteiger partial charge in [0.25, 0.3) is 0 Å². The van der Waals surface area contributed by atoms with Gasteiger partial charge in [0, 0.05) is 21.9 Å². The van der Waals surface area contributed by atoms with E-state index in [0.29, 0.717) is 15.7 Å². The monoisotopic (exact) mass is 320 g/mol. The number of rotatable bonds is 1. The van der Waals surface area contributed by atoms with E-state index >= 15 is 0 Å². The predicted octanol–water partition coefficient (Wildman–Crippen LogP) is 3.97. The fraction of sp³-hybridized carbons (Fsp3) is 0.188. The molecule has 1 saturated heterocycles. The van der Waals surface area contributed by atoms with Gasteiger partial charge in [0.05, 0.1) is 13.1 Å². The van der Waals surface area contributed by atoms with Gasteiger partial charge in [-0.05, 0) is 36.3 Å². The van der Waals surface area contributed by atoms with Crippen LogP contribution in [0.1, 0.15) is 5.69 Å². The summed E-state index contributed by atoms with van der Waals surface area (Å²) in [5.74, 6) is 5.42. The van der Waals surface area contributed by atoms with Gasteiger partial charge in [-0.1, -0.05) is 35.2 Å². The Morgan fingerprint density at radius 3 is 2.48 bits per heavy atom. The number of anilines is 1. The molecule has 2 nitrogen and oxygen atoms in total. The Labute approximate surface area is 132 Å². The second-order valence-corrected chi connectivity index (χ2v) is 5.79. The molecule has 0 N–H and O–H groups in total. The molecule has 1 fully saturated rings. The van der Waals surface area contributed by atoms with Gasteiger partial charge in [-0.2, -0.15) is 0 Å². The van der Waals surface area contributed by atoms with Crippen LogP contribution >= 0.6 is 23.2 Å². The average Bonchev–Trinajstić information content (AvgIpc) is 2.42. The van der Waals surface area contributed by atoms with Gasteiger partial charge in [-0.25, -0.2) is 9.37 Å². The van der Waals surface area contributed by atoms with Crippen molar-refractivity contribution in [2.75, 3.05) is 18.0 Å². The van der Waals surface area contributed by atoms with E-state index in [1.165, 1.54) is 0 Å². The molecule has 0 radical (unpaired) electrons. The second kappa shape index (κ2) is 5.55. The standard InChI is InChI=1S/C16H11Cl2FN2/c17-12-7-13(18)9-15(8-12)21-10-16(19,11-21)5-4-14-3-1-2-6-20-14/h1-3,6-9H,10-11H2. The zero-order valence-electron chi connectivity index (χ0n) is 11.0. The van der Waals surface area contributed by atoms with Gasteiger partial charge in [-0.3, -0.25) is 0 Å². The lowest BCUT2D eigenvalue weighted by Gasteiger charge is -2.42. The number of nitrogens with zero attached hydrogens (tertiary/aromatic N) is 2. The van der Waals surface area contributed by atoms with Crippen LogP contribution in [0.15, 0.2) is 42.6 Å². The number of alkyl halides is 1. The molecule has 1 aromatic heterocycles. The minimum atomic E-state index is -1.52. The quantitative estimate of drug-likeness (QED) is 0.739. The molecule has 106 valence electrons. The predicted molar refractivity (Wildman–Crippen MR) is 83.6 cm³/mol. The number of halogens is 3. The number of hydrogen-bond acceptors (Lipinski definition) is 2. The minimum absolute atomic E-state index is 0.198. The third-order valence-corrected chi connectivity index (χ3v) is 3.61. The largest absolute Gasteiger partial charge is 0.363 e. The summed E-state index contributed by atoms with van der Waals surface area (Å²) in [6, 6.07) is 10.5. The van der Waals surface area contributed by atoms with Crippen LogP contribution in [0.3, 0.4) is 0 Å². The van der Waals surface area contributed by atoms with Crippen LogP contribution in [0.2, 0.25) is 10.0 Å². The summed E-state index contributed by atoms with van der Waals surface area (Å²) in [5.41, 5.74) is -0.147. The topological polar surface area (TPSA) is 16.1 Å². The zero-order chi connectivity index (χ0) is 14.9. The molecule has 0 amide bonds. The van der Waals surface area contributed by atoms with Gasteiger partial charge >= 0.3 is 0 Å². The van der Waals surface area contributed by atoms with Gasteiger partial charge in [-0.15, -0.1) is 0 Å².